The van der Waals surface area contributed by atoms with Gasteiger partial charge in [0.1, 0.15) is 10.7 Å². The van der Waals surface area contributed by atoms with E-state index < -0.39 is 0 Å². The van der Waals surface area contributed by atoms with E-state index in [4.69, 9.17) is 10.5 Å². The highest BCUT2D eigenvalue weighted by atomic mass is 32.1. The molecule has 1 aliphatic carbocycles. The van der Waals surface area contributed by atoms with Crippen molar-refractivity contribution in [3.8, 4) is 5.75 Å². The number of nitrogens with zero attached hydrogens (tertiary/aromatic N) is 3. The minimum atomic E-state index is -0.194. The summed E-state index contributed by atoms with van der Waals surface area (Å²) in [4.78, 5) is 4.46. The smallest absolute Gasteiger partial charge is 0.169 e. The quantitative estimate of drug-likeness (QED) is 0.890. The van der Waals surface area contributed by atoms with Gasteiger partial charge in [-0.3, -0.25) is 0 Å². The topological polar surface area (TPSA) is 54.6 Å². The van der Waals surface area contributed by atoms with E-state index in [0.29, 0.717) is 36.4 Å². The van der Waals surface area contributed by atoms with Gasteiger partial charge in [-0.25, -0.2) is 4.39 Å². The molecule has 2 N–H and O–H groups in total. The second-order valence-electron chi connectivity index (χ2n) is 7.52. The molecular weight excluding hydrogens is 351 g/mol. The minimum Gasteiger partial charge on any atom is -0.492 e. The highest BCUT2D eigenvalue weighted by Crippen LogP contribution is 2.54. The van der Waals surface area contributed by atoms with Gasteiger partial charge in [0, 0.05) is 37.3 Å². The van der Waals surface area contributed by atoms with Gasteiger partial charge in [-0.2, -0.15) is 4.37 Å². The van der Waals surface area contributed by atoms with Crippen molar-refractivity contribution in [1.82, 2.24) is 4.37 Å². The monoisotopic (exact) mass is 374 g/mol. The van der Waals surface area contributed by atoms with E-state index >= 15 is 4.39 Å². The number of methoxy groups -OCH3 is 1. The summed E-state index contributed by atoms with van der Waals surface area (Å²) in [6.45, 7) is 2.25. The molecular formula is C19H23FN4OS. The molecule has 0 radical (unpaired) electrons. The van der Waals surface area contributed by atoms with Gasteiger partial charge < -0.3 is 20.3 Å². The van der Waals surface area contributed by atoms with Crippen molar-refractivity contribution in [2.45, 2.75) is 31.7 Å². The maximum absolute atomic E-state index is 15.2. The predicted molar refractivity (Wildman–Crippen MR) is 102 cm³/mol. The molecule has 1 atom stereocenters. The highest BCUT2D eigenvalue weighted by Gasteiger charge is 2.40. The van der Waals surface area contributed by atoms with E-state index in [1.165, 1.54) is 22.1 Å². The molecule has 2 fully saturated rings. The lowest BCUT2D eigenvalue weighted by Gasteiger charge is -2.34. The molecule has 0 bridgehead atoms. The number of benzene rings is 1. The van der Waals surface area contributed by atoms with E-state index in [1.54, 1.807) is 13.2 Å². The molecule has 0 unspecified atom stereocenters. The number of hydrogen-bond donors (Lipinski definition) is 1. The van der Waals surface area contributed by atoms with Crippen molar-refractivity contribution in [1.29, 1.82) is 0 Å². The van der Waals surface area contributed by atoms with Gasteiger partial charge in [0.15, 0.2) is 11.6 Å². The van der Waals surface area contributed by atoms with Gasteiger partial charge in [-0.15, -0.1) is 0 Å². The Kier molecular flexibility index (Phi) is 3.83. The lowest BCUT2D eigenvalue weighted by Crippen LogP contribution is -2.28. The molecule has 26 heavy (non-hydrogen) atoms. The van der Waals surface area contributed by atoms with E-state index in [-0.39, 0.29) is 5.82 Å². The van der Waals surface area contributed by atoms with Gasteiger partial charge in [0.2, 0.25) is 0 Å². The maximum Gasteiger partial charge on any atom is 0.169 e. The zero-order valence-electron chi connectivity index (χ0n) is 14.9. The van der Waals surface area contributed by atoms with Gasteiger partial charge in [-0.1, -0.05) is 0 Å². The van der Waals surface area contributed by atoms with E-state index in [2.05, 4.69) is 14.2 Å². The zero-order chi connectivity index (χ0) is 17.8. The molecule has 3 heterocycles. The number of nitrogens with two attached hydrogens (primary N) is 1. The summed E-state index contributed by atoms with van der Waals surface area (Å²) in [5.41, 5.74) is 9.66. The molecule has 0 spiro atoms. The number of aromatic nitrogens is 1. The molecule has 2 aliphatic heterocycles. The molecule has 5 nitrogen and oxygen atoms in total. The number of hydrogen-bond acceptors (Lipinski definition) is 6. The molecule has 0 amide bonds. The summed E-state index contributed by atoms with van der Waals surface area (Å²) in [7, 11) is 1.66. The Morgan fingerprint density at radius 3 is 2.85 bits per heavy atom. The molecule has 1 aromatic heterocycles. The van der Waals surface area contributed by atoms with Crippen LogP contribution in [0.15, 0.2) is 12.3 Å². The first-order valence-electron chi connectivity index (χ1n) is 9.28. The summed E-state index contributed by atoms with van der Waals surface area (Å²) in [5.74, 6) is 0.895. The fourth-order valence-corrected chi connectivity index (χ4v) is 5.18. The van der Waals surface area contributed by atoms with Crippen LogP contribution in [0, 0.1) is 11.7 Å². The predicted octanol–water partition coefficient (Wildman–Crippen LogP) is 3.28. The SMILES string of the molecule is COc1c(N2CC[C@@H](CN)C2)c(F)cc2c1N(C1CC1)c1sncc1C2. The van der Waals surface area contributed by atoms with Crippen LogP contribution in [0.3, 0.4) is 0 Å². The third-order valence-corrected chi connectivity index (χ3v) is 6.62. The summed E-state index contributed by atoms with van der Waals surface area (Å²) in [6.07, 6.45) is 5.95. The third kappa shape index (κ3) is 2.41. The van der Waals surface area contributed by atoms with Gasteiger partial charge in [0.05, 0.1) is 12.8 Å². The Morgan fingerprint density at radius 1 is 1.31 bits per heavy atom. The molecule has 138 valence electrons. The largest absolute Gasteiger partial charge is 0.492 e. The third-order valence-electron chi connectivity index (χ3n) is 5.78. The fraction of sp³-hybridized carbons (Fsp3) is 0.526. The number of fused-ring (bicyclic) bond motifs is 2. The normalized spacial score (nSPS) is 21.7. The number of rotatable bonds is 4. The number of halogens is 1. The average molecular weight is 374 g/mol. The van der Waals surface area contributed by atoms with Crippen LogP contribution in [0.4, 0.5) is 20.8 Å². The second kappa shape index (κ2) is 6.09. The first-order chi connectivity index (χ1) is 12.7. The van der Waals surface area contributed by atoms with Crippen LogP contribution in [0.5, 0.6) is 5.75 Å². The Balaban J connectivity index is 1.66. The molecule has 2 aromatic rings. The molecule has 1 saturated heterocycles. The standard InChI is InChI=1S/C19H23FN4OS/c1-25-18-16-12(6-13-9-22-26-19(13)24(16)14-2-3-14)7-15(20)17(18)23-5-4-11(8-21)10-23/h7,9,11,14H,2-6,8,10,21H2,1H3/t11-/m0/s1. The van der Waals surface area contributed by atoms with Crippen molar-refractivity contribution in [2.75, 3.05) is 36.5 Å². The number of anilines is 3. The Hall–Kier alpha value is -1.86. The van der Waals surface area contributed by atoms with Crippen molar-refractivity contribution < 1.29 is 9.13 Å². The van der Waals surface area contributed by atoms with Crippen LogP contribution in [0.2, 0.25) is 0 Å². The molecule has 3 aliphatic rings. The van der Waals surface area contributed by atoms with E-state index in [1.807, 2.05) is 6.20 Å². The summed E-state index contributed by atoms with van der Waals surface area (Å²) >= 11 is 1.53. The summed E-state index contributed by atoms with van der Waals surface area (Å²) < 4.78 is 25.4. The minimum absolute atomic E-state index is 0.194. The van der Waals surface area contributed by atoms with Gasteiger partial charge in [0.25, 0.3) is 0 Å². The van der Waals surface area contributed by atoms with Crippen LogP contribution in [-0.4, -0.2) is 37.2 Å². The van der Waals surface area contributed by atoms with E-state index in [9.17, 15) is 0 Å². The highest BCUT2D eigenvalue weighted by molar-refractivity contribution is 7.10. The Bertz CT molecular complexity index is 850. The Labute approximate surface area is 156 Å². The summed E-state index contributed by atoms with van der Waals surface area (Å²) in [5, 5.41) is 1.19. The molecule has 5 rings (SSSR count). The fourth-order valence-electron chi connectivity index (χ4n) is 4.33. The van der Waals surface area contributed by atoms with Crippen LogP contribution >= 0.6 is 11.5 Å². The average Bonchev–Trinajstić information content (AvgIpc) is 3.18. The second-order valence-corrected chi connectivity index (χ2v) is 8.30. The van der Waals surface area contributed by atoms with Crippen molar-refractivity contribution in [3.05, 3.63) is 29.2 Å². The van der Waals surface area contributed by atoms with Gasteiger partial charge in [-0.05, 0) is 54.9 Å². The molecule has 7 heteroatoms. The van der Waals surface area contributed by atoms with Gasteiger partial charge >= 0.3 is 0 Å². The van der Waals surface area contributed by atoms with Crippen LogP contribution in [0.1, 0.15) is 30.4 Å². The maximum atomic E-state index is 15.2. The Morgan fingerprint density at radius 2 is 2.15 bits per heavy atom. The first-order valence-corrected chi connectivity index (χ1v) is 10.1. The zero-order valence-corrected chi connectivity index (χ0v) is 15.7. The van der Waals surface area contributed by atoms with Crippen LogP contribution < -0.4 is 20.3 Å². The van der Waals surface area contributed by atoms with Crippen molar-refractivity contribution in [2.24, 2.45) is 11.7 Å². The van der Waals surface area contributed by atoms with Crippen molar-refractivity contribution >= 4 is 27.9 Å². The van der Waals surface area contributed by atoms with Crippen molar-refractivity contribution in [3.63, 3.8) is 0 Å². The first kappa shape index (κ1) is 16.3. The molecule has 1 aromatic carbocycles. The molecule has 1 saturated carbocycles. The van der Waals surface area contributed by atoms with E-state index in [0.717, 1.165) is 43.6 Å². The summed E-state index contributed by atoms with van der Waals surface area (Å²) in [6, 6.07) is 2.18. The lowest BCUT2D eigenvalue weighted by atomic mass is 9.98. The number of ether oxygens (including phenoxy) is 1. The van der Waals surface area contributed by atoms with Crippen LogP contribution in [0.25, 0.3) is 0 Å². The van der Waals surface area contributed by atoms with Crippen LogP contribution in [-0.2, 0) is 6.42 Å². The lowest BCUT2D eigenvalue weighted by molar-refractivity contribution is 0.411.